The molecule has 0 atom stereocenters. The van der Waals surface area contributed by atoms with Gasteiger partial charge in [0.2, 0.25) is 0 Å². The van der Waals surface area contributed by atoms with Gasteiger partial charge in [-0.3, -0.25) is 4.98 Å². The number of carboxylic acids is 1. The molecule has 2 aromatic carbocycles. The number of carboxylic acid groups (broad SMARTS) is 1. The van der Waals surface area contributed by atoms with E-state index >= 15 is 0 Å². The minimum Gasteiger partial charge on any atom is -0.478 e. The van der Waals surface area contributed by atoms with Crippen molar-refractivity contribution in [1.82, 2.24) is 4.98 Å². The van der Waals surface area contributed by atoms with E-state index in [1.54, 1.807) is 12.1 Å². The van der Waals surface area contributed by atoms with Crippen molar-refractivity contribution in [2.24, 2.45) is 0 Å². The molecule has 1 aromatic heterocycles. The second-order valence-corrected chi connectivity index (χ2v) is 8.85. The van der Waals surface area contributed by atoms with E-state index in [-0.39, 0.29) is 5.56 Å². The van der Waals surface area contributed by atoms with Crippen LogP contribution in [0.25, 0.3) is 10.9 Å². The quantitative estimate of drug-likeness (QED) is 0.486. The van der Waals surface area contributed by atoms with E-state index in [1.807, 2.05) is 36.2 Å². The fourth-order valence-electron chi connectivity index (χ4n) is 3.57. The van der Waals surface area contributed by atoms with Gasteiger partial charge in [-0.15, -0.1) is 0 Å². The lowest BCUT2D eigenvalue weighted by molar-refractivity contribution is 0.0698. The first-order chi connectivity index (χ1) is 13.5. The predicted molar refractivity (Wildman–Crippen MR) is 118 cm³/mol. The Bertz CT molecular complexity index is 1050. The Hall–Kier alpha value is -1.95. The van der Waals surface area contributed by atoms with Gasteiger partial charge in [0.05, 0.1) is 22.5 Å². The van der Waals surface area contributed by atoms with Crippen LogP contribution in [0.5, 0.6) is 0 Å². The summed E-state index contributed by atoms with van der Waals surface area (Å²) in [7, 11) is 0. The summed E-state index contributed by atoms with van der Waals surface area (Å²) in [6, 6.07) is 10.4. The highest BCUT2D eigenvalue weighted by atomic mass is 35.5. The number of pyridine rings is 1. The molecule has 0 saturated carbocycles. The first kappa shape index (κ1) is 19.4. The third kappa shape index (κ3) is 3.93. The molecule has 4 rings (SSSR count). The number of aromatic carboxylic acids is 1. The molecule has 1 aliphatic heterocycles. The highest BCUT2D eigenvalue weighted by molar-refractivity contribution is 7.99. The standard InChI is InChI=1S/C21H18Cl2N2O2S/c22-13-1-3-18-15(9-13)20(17(11-24-18)12-5-7-28-8-6-12)25-19-4-2-14(23)10-16(19)21(26)27/h1-4,9-12H,5-8H2,(H,24,25)(H,26,27). The van der Waals surface area contributed by atoms with Crippen molar-refractivity contribution in [3.63, 3.8) is 0 Å². The molecule has 28 heavy (non-hydrogen) atoms. The van der Waals surface area contributed by atoms with Gasteiger partial charge in [-0.05, 0) is 72.2 Å². The number of nitrogens with one attached hydrogen (secondary N) is 1. The van der Waals surface area contributed by atoms with Crippen LogP contribution in [0.2, 0.25) is 10.0 Å². The average Bonchev–Trinajstić information content (AvgIpc) is 2.70. The van der Waals surface area contributed by atoms with E-state index in [9.17, 15) is 9.90 Å². The Labute approximate surface area is 177 Å². The SMILES string of the molecule is O=C(O)c1cc(Cl)ccc1Nc1c(C2CCSCC2)cnc2ccc(Cl)cc12. The molecule has 1 aliphatic rings. The lowest BCUT2D eigenvalue weighted by Gasteiger charge is -2.25. The number of anilines is 2. The van der Waals surface area contributed by atoms with Crippen LogP contribution in [0.15, 0.2) is 42.6 Å². The number of fused-ring (bicyclic) bond motifs is 1. The number of nitrogens with zero attached hydrogens (tertiary/aromatic N) is 1. The average molecular weight is 433 g/mol. The van der Waals surface area contributed by atoms with Crippen LogP contribution in [0.4, 0.5) is 11.4 Å². The van der Waals surface area contributed by atoms with Gasteiger partial charge in [0.25, 0.3) is 0 Å². The summed E-state index contributed by atoms with van der Waals surface area (Å²) in [5.74, 6) is 1.56. The molecular weight excluding hydrogens is 415 g/mol. The van der Waals surface area contributed by atoms with Crippen molar-refractivity contribution < 1.29 is 9.90 Å². The topological polar surface area (TPSA) is 62.2 Å². The summed E-state index contributed by atoms with van der Waals surface area (Å²) in [5, 5.41) is 14.9. The second kappa shape index (κ2) is 8.19. The van der Waals surface area contributed by atoms with Crippen molar-refractivity contribution in [2.75, 3.05) is 16.8 Å². The maximum Gasteiger partial charge on any atom is 0.337 e. The van der Waals surface area contributed by atoms with Gasteiger partial charge in [0.1, 0.15) is 0 Å². The van der Waals surface area contributed by atoms with Crippen LogP contribution in [-0.4, -0.2) is 27.6 Å². The molecule has 3 aromatic rings. The van der Waals surface area contributed by atoms with E-state index in [4.69, 9.17) is 23.2 Å². The number of aromatic nitrogens is 1. The summed E-state index contributed by atoms with van der Waals surface area (Å²) >= 11 is 14.2. The predicted octanol–water partition coefficient (Wildman–Crippen LogP) is 6.59. The Balaban J connectivity index is 1.88. The summed E-state index contributed by atoms with van der Waals surface area (Å²) in [5.41, 5.74) is 3.41. The van der Waals surface area contributed by atoms with Crippen LogP contribution in [0.1, 0.15) is 34.7 Å². The molecule has 2 N–H and O–H groups in total. The van der Waals surface area contributed by atoms with E-state index in [0.717, 1.165) is 46.5 Å². The smallest absolute Gasteiger partial charge is 0.337 e. The molecule has 144 valence electrons. The van der Waals surface area contributed by atoms with E-state index < -0.39 is 5.97 Å². The van der Waals surface area contributed by atoms with Crippen molar-refractivity contribution in [1.29, 1.82) is 0 Å². The summed E-state index contributed by atoms with van der Waals surface area (Å²) < 4.78 is 0. The van der Waals surface area contributed by atoms with Gasteiger partial charge in [-0.25, -0.2) is 4.79 Å². The monoisotopic (exact) mass is 432 g/mol. The second-order valence-electron chi connectivity index (χ2n) is 6.76. The number of rotatable bonds is 4. The molecule has 4 nitrogen and oxygen atoms in total. The molecule has 7 heteroatoms. The molecule has 0 aliphatic carbocycles. The Kier molecular flexibility index (Phi) is 5.67. The molecule has 0 unspecified atom stereocenters. The van der Waals surface area contributed by atoms with Crippen molar-refractivity contribution in [3.05, 3.63) is 63.8 Å². The van der Waals surface area contributed by atoms with Crippen molar-refractivity contribution in [2.45, 2.75) is 18.8 Å². The maximum absolute atomic E-state index is 11.7. The summed E-state index contributed by atoms with van der Waals surface area (Å²) in [4.78, 5) is 16.4. The van der Waals surface area contributed by atoms with Gasteiger partial charge < -0.3 is 10.4 Å². The zero-order valence-electron chi connectivity index (χ0n) is 14.9. The maximum atomic E-state index is 11.7. The largest absolute Gasteiger partial charge is 0.478 e. The number of thioether (sulfide) groups is 1. The van der Waals surface area contributed by atoms with Crippen LogP contribution in [0.3, 0.4) is 0 Å². The van der Waals surface area contributed by atoms with Gasteiger partial charge in [-0.1, -0.05) is 23.2 Å². The molecule has 0 amide bonds. The van der Waals surface area contributed by atoms with Crippen molar-refractivity contribution in [3.8, 4) is 0 Å². The number of hydrogen-bond acceptors (Lipinski definition) is 4. The highest BCUT2D eigenvalue weighted by Crippen LogP contribution is 2.40. The fraction of sp³-hybridized carbons (Fsp3) is 0.238. The molecule has 2 heterocycles. The first-order valence-corrected chi connectivity index (χ1v) is 10.9. The van der Waals surface area contributed by atoms with Crippen LogP contribution in [0, 0.1) is 0 Å². The number of halogens is 2. The Morgan fingerprint density at radius 3 is 2.57 bits per heavy atom. The van der Waals surface area contributed by atoms with E-state index in [0.29, 0.717) is 21.7 Å². The zero-order chi connectivity index (χ0) is 19.7. The van der Waals surface area contributed by atoms with Crippen LogP contribution in [-0.2, 0) is 0 Å². The summed E-state index contributed by atoms with van der Waals surface area (Å²) in [6.45, 7) is 0. The van der Waals surface area contributed by atoms with Gasteiger partial charge in [-0.2, -0.15) is 11.8 Å². The minimum absolute atomic E-state index is 0.129. The minimum atomic E-state index is -1.03. The van der Waals surface area contributed by atoms with Gasteiger partial charge >= 0.3 is 5.97 Å². The molecular formula is C21H18Cl2N2O2S. The Morgan fingerprint density at radius 1 is 1.11 bits per heavy atom. The van der Waals surface area contributed by atoms with E-state index in [2.05, 4.69) is 10.3 Å². The summed E-state index contributed by atoms with van der Waals surface area (Å²) in [6.07, 6.45) is 4.05. The number of carbonyl (C=O) groups is 1. The fourth-order valence-corrected chi connectivity index (χ4v) is 5.03. The number of benzene rings is 2. The third-order valence-electron chi connectivity index (χ3n) is 4.99. The van der Waals surface area contributed by atoms with Crippen molar-refractivity contribution >= 4 is 63.2 Å². The first-order valence-electron chi connectivity index (χ1n) is 8.98. The lowest BCUT2D eigenvalue weighted by Crippen LogP contribution is -2.12. The zero-order valence-corrected chi connectivity index (χ0v) is 17.2. The van der Waals surface area contributed by atoms with Crippen LogP contribution >= 0.6 is 35.0 Å². The third-order valence-corrected chi connectivity index (χ3v) is 6.51. The normalized spacial score (nSPS) is 14.9. The van der Waals surface area contributed by atoms with Gasteiger partial charge in [0.15, 0.2) is 0 Å². The molecule has 1 fully saturated rings. The van der Waals surface area contributed by atoms with E-state index in [1.165, 1.54) is 6.07 Å². The molecule has 0 radical (unpaired) electrons. The molecule has 1 saturated heterocycles. The molecule has 0 bridgehead atoms. The van der Waals surface area contributed by atoms with Gasteiger partial charge in [0, 0.05) is 21.6 Å². The lowest BCUT2D eigenvalue weighted by atomic mass is 9.91. The number of hydrogen-bond donors (Lipinski definition) is 2. The van der Waals surface area contributed by atoms with Crippen LogP contribution < -0.4 is 5.32 Å². The Morgan fingerprint density at radius 2 is 1.82 bits per heavy atom. The highest BCUT2D eigenvalue weighted by Gasteiger charge is 2.22. The molecule has 0 spiro atoms.